The first-order chi connectivity index (χ1) is 6.59. The molecule has 0 radical (unpaired) electrons. The topological polar surface area (TPSA) is 38.1 Å². The average Bonchev–Trinajstić information content (AvgIpc) is 2.40. The van der Waals surface area contributed by atoms with Crippen LogP contribution in [0.3, 0.4) is 0 Å². The van der Waals surface area contributed by atoms with Crippen LogP contribution in [0.5, 0.6) is 0 Å². The summed E-state index contributed by atoms with van der Waals surface area (Å²) in [5, 5.41) is 3.26. The Hall–Kier alpha value is -1.09. The van der Waals surface area contributed by atoms with Gasteiger partial charge in [-0.1, -0.05) is 5.57 Å². The van der Waals surface area contributed by atoms with Gasteiger partial charge in [0.2, 0.25) is 5.89 Å². The number of hydrogen-bond donors (Lipinski definition) is 1. The summed E-state index contributed by atoms with van der Waals surface area (Å²) >= 11 is 0. The third kappa shape index (κ3) is 3.34. The quantitative estimate of drug-likeness (QED) is 0.577. The zero-order valence-corrected chi connectivity index (χ0v) is 9.18. The normalized spacial score (nSPS) is 10.5. The van der Waals surface area contributed by atoms with Crippen LogP contribution in [0.1, 0.15) is 30.7 Å². The zero-order valence-electron chi connectivity index (χ0n) is 9.18. The Morgan fingerprint density at radius 3 is 2.71 bits per heavy atom. The Bertz CT molecular complexity index is 296. The Labute approximate surface area is 85.2 Å². The lowest BCUT2D eigenvalue weighted by atomic mass is 10.2. The maximum Gasteiger partial charge on any atom is 0.208 e. The number of nitrogens with zero attached hydrogens (tertiary/aromatic N) is 1. The number of hydrogen-bond acceptors (Lipinski definition) is 3. The van der Waals surface area contributed by atoms with Crippen LogP contribution in [-0.2, 0) is 6.54 Å². The Morgan fingerprint density at radius 2 is 2.21 bits per heavy atom. The SMILES string of the molecule is C=C(C)CCNCc1nc(C)c(C)o1. The van der Waals surface area contributed by atoms with Crippen molar-refractivity contribution >= 4 is 0 Å². The van der Waals surface area contributed by atoms with Crippen LogP contribution in [0.4, 0.5) is 0 Å². The summed E-state index contributed by atoms with van der Waals surface area (Å²) in [7, 11) is 0. The fourth-order valence-corrected chi connectivity index (χ4v) is 1.11. The van der Waals surface area contributed by atoms with Gasteiger partial charge >= 0.3 is 0 Å². The van der Waals surface area contributed by atoms with Crippen LogP contribution in [0.25, 0.3) is 0 Å². The van der Waals surface area contributed by atoms with E-state index in [0.717, 1.165) is 30.3 Å². The van der Waals surface area contributed by atoms with E-state index in [1.165, 1.54) is 5.57 Å². The average molecular weight is 194 g/mol. The minimum atomic E-state index is 0.696. The molecule has 0 atom stereocenters. The highest BCUT2D eigenvalue weighted by atomic mass is 16.4. The van der Waals surface area contributed by atoms with Gasteiger partial charge in [-0.2, -0.15) is 0 Å². The van der Waals surface area contributed by atoms with Crippen LogP contribution >= 0.6 is 0 Å². The van der Waals surface area contributed by atoms with E-state index in [1.54, 1.807) is 0 Å². The molecule has 0 aromatic carbocycles. The lowest BCUT2D eigenvalue weighted by Crippen LogP contribution is -2.14. The van der Waals surface area contributed by atoms with Gasteiger partial charge in [0.25, 0.3) is 0 Å². The summed E-state index contributed by atoms with van der Waals surface area (Å²) in [6, 6.07) is 0. The maximum absolute atomic E-state index is 5.43. The highest BCUT2D eigenvalue weighted by molar-refractivity contribution is 5.05. The second kappa shape index (κ2) is 4.96. The van der Waals surface area contributed by atoms with Crippen LogP contribution in [-0.4, -0.2) is 11.5 Å². The molecule has 0 aliphatic rings. The van der Waals surface area contributed by atoms with Crippen molar-refractivity contribution in [1.29, 1.82) is 0 Å². The summed E-state index contributed by atoms with van der Waals surface area (Å²) in [5.41, 5.74) is 2.17. The van der Waals surface area contributed by atoms with E-state index >= 15 is 0 Å². The molecule has 78 valence electrons. The van der Waals surface area contributed by atoms with Gasteiger partial charge in [0.1, 0.15) is 5.76 Å². The predicted octanol–water partition coefficient (Wildman–Crippen LogP) is 2.35. The minimum Gasteiger partial charge on any atom is -0.444 e. The lowest BCUT2D eigenvalue weighted by molar-refractivity contribution is 0.450. The van der Waals surface area contributed by atoms with Gasteiger partial charge in [0, 0.05) is 0 Å². The molecule has 0 saturated heterocycles. The van der Waals surface area contributed by atoms with Gasteiger partial charge in [0.15, 0.2) is 0 Å². The zero-order chi connectivity index (χ0) is 10.6. The molecule has 0 unspecified atom stereocenters. The van der Waals surface area contributed by atoms with Crippen LogP contribution in [0, 0.1) is 13.8 Å². The Balaban J connectivity index is 2.28. The Kier molecular flexibility index (Phi) is 3.89. The van der Waals surface area contributed by atoms with Gasteiger partial charge in [0.05, 0.1) is 12.2 Å². The molecule has 3 nitrogen and oxygen atoms in total. The molecule has 1 N–H and O–H groups in total. The molecule has 0 aliphatic heterocycles. The third-order valence-electron chi connectivity index (χ3n) is 2.08. The molecule has 14 heavy (non-hydrogen) atoms. The van der Waals surface area contributed by atoms with E-state index in [2.05, 4.69) is 16.9 Å². The molecule has 1 rings (SSSR count). The summed E-state index contributed by atoms with van der Waals surface area (Å²) in [6.45, 7) is 11.4. The van der Waals surface area contributed by atoms with Crippen molar-refractivity contribution in [2.75, 3.05) is 6.54 Å². The second-order valence-electron chi connectivity index (χ2n) is 3.63. The molecule has 1 aromatic rings. The fourth-order valence-electron chi connectivity index (χ4n) is 1.11. The molecule has 0 amide bonds. The van der Waals surface area contributed by atoms with E-state index in [1.807, 2.05) is 20.8 Å². The molecule has 1 aromatic heterocycles. The summed E-state index contributed by atoms with van der Waals surface area (Å²) in [6.07, 6.45) is 0.999. The van der Waals surface area contributed by atoms with Crippen molar-refractivity contribution in [3.05, 3.63) is 29.5 Å². The number of aromatic nitrogens is 1. The van der Waals surface area contributed by atoms with Crippen molar-refractivity contribution in [2.45, 2.75) is 33.7 Å². The van der Waals surface area contributed by atoms with Crippen LogP contribution in [0.15, 0.2) is 16.6 Å². The minimum absolute atomic E-state index is 0.696. The highest BCUT2D eigenvalue weighted by Gasteiger charge is 2.03. The molecule has 0 aliphatic carbocycles. The largest absolute Gasteiger partial charge is 0.444 e. The van der Waals surface area contributed by atoms with Crippen molar-refractivity contribution < 1.29 is 4.42 Å². The van der Waals surface area contributed by atoms with Gasteiger partial charge in [-0.05, 0) is 33.7 Å². The fraction of sp³-hybridized carbons (Fsp3) is 0.545. The van der Waals surface area contributed by atoms with Gasteiger partial charge in [-0.3, -0.25) is 0 Å². The summed E-state index contributed by atoms with van der Waals surface area (Å²) < 4.78 is 5.43. The predicted molar refractivity (Wildman–Crippen MR) is 57.1 cm³/mol. The number of rotatable bonds is 5. The van der Waals surface area contributed by atoms with Crippen LogP contribution in [0.2, 0.25) is 0 Å². The van der Waals surface area contributed by atoms with E-state index < -0.39 is 0 Å². The van der Waals surface area contributed by atoms with Crippen molar-refractivity contribution in [3.8, 4) is 0 Å². The third-order valence-corrected chi connectivity index (χ3v) is 2.08. The van der Waals surface area contributed by atoms with Gasteiger partial charge in [-0.15, -0.1) is 6.58 Å². The summed E-state index contributed by atoms with van der Waals surface area (Å²) in [5.74, 6) is 1.67. The van der Waals surface area contributed by atoms with Crippen molar-refractivity contribution in [3.63, 3.8) is 0 Å². The number of oxazole rings is 1. The first-order valence-corrected chi connectivity index (χ1v) is 4.87. The van der Waals surface area contributed by atoms with Crippen LogP contribution < -0.4 is 5.32 Å². The molecular weight excluding hydrogens is 176 g/mol. The molecule has 0 fully saturated rings. The van der Waals surface area contributed by atoms with E-state index in [4.69, 9.17) is 4.42 Å². The first kappa shape index (κ1) is 11.0. The molecule has 0 saturated carbocycles. The molecule has 0 bridgehead atoms. The monoisotopic (exact) mass is 194 g/mol. The lowest BCUT2D eigenvalue weighted by Gasteiger charge is -2.00. The van der Waals surface area contributed by atoms with E-state index in [9.17, 15) is 0 Å². The van der Waals surface area contributed by atoms with Crippen molar-refractivity contribution in [1.82, 2.24) is 10.3 Å². The molecule has 0 spiro atoms. The highest BCUT2D eigenvalue weighted by Crippen LogP contribution is 2.07. The number of nitrogens with one attached hydrogen (secondary N) is 1. The van der Waals surface area contributed by atoms with Gasteiger partial charge < -0.3 is 9.73 Å². The smallest absolute Gasteiger partial charge is 0.208 e. The number of aryl methyl sites for hydroxylation is 2. The van der Waals surface area contributed by atoms with E-state index in [0.29, 0.717) is 6.54 Å². The summed E-state index contributed by atoms with van der Waals surface area (Å²) in [4.78, 5) is 4.28. The molecular formula is C11H18N2O. The standard InChI is InChI=1S/C11H18N2O/c1-8(2)5-6-12-7-11-13-9(3)10(4)14-11/h12H,1,5-7H2,2-4H3. The first-order valence-electron chi connectivity index (χ1n) is 4.87. The molecule has 3 heteroatoms. The molecule has 1 heterocycles. The Morgan fingerprint density at radius 1 is 1.50 bits per heavy atom. The van der Waals surface area contributed by atoms with E-state index in [-0.39, 0.29) is 0 Å². The maximum atomic E-state index is 5.43. The van der Waals surface area contributed by atoms with Crippen molar-refractivity contribution in [2.24, 2.45) is 0 Å². The van der Waals surface area contributed by atoms with Gasteiger partial charge in [-0.25, -0.2) is 4.98 Å². The second-order valence-corrected chi connectivity index (χ2v) is 3.63.